The van der Waals surface area contributed by atoms with E-state index in [2.05, 4.69) is 0 Å². The summed E-state index contributed by atoms with van der Waals surface area (Å²) in [6, 6.07) is 7.00. The van der Waals surface area contributed by atoms with Gasteiger partial charge in [-0.25, -0.2) is 0 Å². The van der Waals surface area contributed by atoms with Gasteiger partial charge < -0.3 is 23.7 Å². The lowest BCUT2D eigenvalue weighted by Gasteiger charge is -2.40. The summed E-state index contributed by atoms with van der Waals surface area (Å²) in [5.74, 6) is -1.06. The highest BCUT2D eigenvalue weighted by Gasteiger charge is 2.47. The van der Waals surface area contributed by atoms with Crippen LogP contribution in [0.1, 0.15) is 32.4 Å². The van der Waals surface area contributed by atoms with Gasteiger partial charge in [-0.15, -0.1) is 0 Å². The maximum absolute atomic E-state index is 11.6. The molecule has 0 unspecified atom stereocenters. The first-order valence-corrected chi connectivity index (χ1v) is 8.09. The van der Waals surface area contributed by atoms with Crippen molar-refractivity contribution in [2.45, 2.75) is 45.2 Å². The second-order valence-corrected chi connectivity index (χ2v) is 5.82. The molecule has 4 atom stereocenters. The molecule has 1 aromatic carbocycles. The standard InChI is InChI=1S/C18H22O8/c1-10(19)24-15-9-23-16(13-5-7-14(22-4)8-6-13)18(26-12(3)21)17(15)25-11(2)20/h5-8,15-18H,9H2,1-4H3/t15-,16-,17-,18-/m1/s1. The second-order valence-electron chi connectivity index (χ2n) is 5.82. The van der Waals surface area contributed by atoms with Gasteiger partial charge in [0.15, 0.2) is 18.3 Å². The van der Waals surface area contributed by atoms with Gasteiger partial charge in [-0.1, -0.05) is 12.1 Å². The summed E-state index contributed by atoms with van der Waals surface area (Å²) in [5, 5.41) is 0. The van der Waals surface area contributed by atoms with E-state index in [4.69, 9.17) is 23.7 Å². The molecule has 1 fully saturated rings. The Kier molecular flexibility index (Phi) is 6.57. The summed E-state index contributed by atoms with van der Waals surface area (Å²) in [4.78, 5) is 34.5. The van der Waals surface area contributed by atoms with Crippen molar-refractivity contribution in [1.29, 1.82) is 0 Å². The third-order valence-corrected chi connectivity index (χ3v) is 3.79. The first-order valence-electron chi connectivity index (χ1n) is 8.09. The zero-order chi connectivity index (χ0) is 19.3. The Morgan fingerprint density at radius 2 is 1.42 bits per heavy atom. The average Bonchev–Trinajstić information content (AvgIpc) is 2.57. The zero-order valence-electron chi connectivity index (χ0n) is 15.1. The molecule has 0 aliphatic carbocycles. The van der Waals surface area contributed by atoms with Crippen LogP contribution < -0.4 is 4.74 Å². The second kappa shape index (κ2) is 8.66. The number of esters is 3. The number of carbonyl (C=O) groups is 3. The normalized spacial score (nSPS) is 25.1. The van der Waals surface area contributed by atoms with Gasteiger partial charge in [-0.3, -0.25) is 14.4 Å². The first kappa shape index (κ1) is 19.7. The van der Waals surface area contributed by atoms with Crippen LogP contribution in [0, 0.1) is 0 Å². The van der Waals surface area contributed by atoms with Crippen molar-refractivity contribution in [2.24, 2.45) is 0 Å². The van der Waals surface area contributed by atoms with Gasteiger partial charge in [0.2, 0.25) is 0 Å². The van der Waals surface area contributed by atoms with Gasteiger partial charge in [0.1, 0.15) is 11.9 Å². The van der Waals surface area contributed by atoms with E-state index in [0.717, 1.165) is 0 Å². The van der Waals surface area contributed by atoms with Crippen LogP contribution in [0.25, 0.3) is 0 Å². The minimum absolute atomic E-state index is 0.00795. The van der Waals surface area contributed by atoms with Crippen molar-refractivity contribution in [3.8, 4) is 5.75 Å². The Balaban J connectivity index is 2.35. The zero-order valence-corrected chi connectivity index (χ0v) is 15.1. The van der Waals surface area contributed by atoms with Crippen molar-refractivity contribution >= 4 is 17.9 Å². The van der Waals surface area contributed by atoms with Crippen molar-refractivity contribution in [2.75, 3.05) is 13.7 Å². The van der Waals surface area contributed by atoms with Gasteiger partial charge in [-0.2, -0.15) is 0 Å². The van der Waals surface area contributed by atoms with Crippen molar-refractivity contribution in [3.05, 3.63) is 29.8 Å². The first-order chi connectivity index (χ1) is 12.3. The summed E-state index contributed by atoms with van der Waals surface area (Å²) in [6.45, 7) is 3.70. The summed E-state index contributed by atoms with van der Waals surface area (Å²) in [6.07, 6.45) is -3.53. The van der Waals surface area contributed by atoms with Crippen LogP contribution in [0.15, 0.2) is 24.3 Å². The number of methoxy groups -OCH3 is 1. The smallest absolute Gasteiger partial charge is 0.303 e. The summed E-state index contributed by atoms with van der Waals surface area (Å²) >= 11 is 0. The van der Waals surface area contributed by atoms with Crippen molar-refractivity contribution in [3.63, 3.8) is 0 Å². The molecule has 0 radical (unpaired) electrons. The number of carbonyl (C=O) groups excluding carboxylic acids is 3. The molecule has 0 aromatic heterocycles. The lowest BCUT2D eigenvalue weighted by atomic mass is 9.94. The summed E-state index contributed by atoms with van der Waals surface area (Å²) in [5.41, 5.74) is 0.704. The van der Waals surface area contributed by atoms with Crippen molar-refractivity contribution in [1.82, 2.24) is 0 Å². The lowest BCUT2D eigenvalue weighted by molar-refractivity contribution is -0.227. The maximum Gasteiger partial charge on any atom is 0.303 e. The van der Waals surface area contributed by atoms with Crippen LogP contribution in [0.5, 0.6) is 5.75 Å². The van der Waals surface area contributed by atoms with E-state index in [1.807, 2.05) is 0 Å². The van der Waals surface area contributed by atoms with Gasteiger partial charge in [-0.05, 0) is 17.7 Å². The van der Waals surface area contributed by atoms with E-state index in [1.54, 1.807) is 31.4 Å². The average molecular weight is 366 g/mol. The SMILES string of the molecule is COc1ccc([C@H]2OC[C@@H](OC(C)=O)[C@@H](OC(C)=O)[C@@H]2OC(C)=O)cc1. The Hall–Kier alpha value is -2.61. The van der Waals surface area contributed by atoms with Gasteiger partial charge in [0.25, 0.3) is 0 Å². The van der Waals surface area contributed by atoms with E-state index < -0.39 is 42.3 Å². The predicted octanol–water partition coefficient (Wildman–Crippen LogP) is 1.56. The maximum atomic E-state index is 11.6. The number of benzene rings is 1. The molecule has 1 aliphatic rings. The topological polar surface area (TPSA) is 97.4 Å². The molecule has 0 amide bonds. The van der Waals surface area contributed by atoms with Crippen LogP contribution in [0.2, 0.25) is 0 Å². The molecule has 8 heteroatoms. The highest BCUT2D eigenvalue weighted by atomic mass is 16.6. The van der Waals surface area contributed by atoms with E-state index in [0.29, 0.717) is 11.3 Å². The van der Waals surface area contributed by atoms with Crippen molar-refractivity contribution < 1.29 is 38.1 Å². The lowest BCUT2D eigenvalue weighted by Crippen LogP contribution is -2.54. The molecule has 8 nitrogen and oxygen atoms in total. The molecular weight excluding hydrogens is 344 g/mol. The largest absolute Gasteiger partial charge is 0.497 e. The Morgan fingerprint density at radius 3 is 1.92 bits per heavy atom. The molecule has 26 heavy (non-hydrogen) atoms. The number of hydrogen-bond donors (Lipinski definition) is 0. The number of hydrogen-bond acceptors (Lipinski definition) is 8. The van der Waals surface area contributed by atoms with Crippen LogP contribution in [-0.2, 0) is 33.3 Å². The Bertz CT molecular complexity index is 654. The number of rotatable bonds is 5. The van der Waals surface area contributed by atoms with E-state index in [-0.39, 0.29) is 6.61 Å². The highest BCUT2D eigenvalue weighted by Crippen LogP contribution is 2.34. The molecular formula is C18H22O8. The van der Waals surface area contributed by atoms with Gasteiger partial charge in [0.05, 0.1) is 13.7 Å². The molecule has 1 saturated heterocycles. The van der Waals surface area contributed by atoms with E-state index >= 15 is 0 Å². The van der Waals surface area contributed by atoms with Crippen LogP contribution in [-0.4, -0.2) is 49.9 Å². The fourth-order valence-corrected chi connectivity index (χ4v) is 2.82. The summed E-state index contributed by atoms with van der Waals surface area (Å²) in [7, 11) is 1.55. The fourth-order valence-electron chi connectivity index (χ4n) is 2.82. The quantitative estimate of drug-likeness (QED) is 0.572. The third-order valence-electron chi connectivity index (χ3n) is 3.79. The van der Waals surface area contributed by atoms with Crippen LogP contribution in [0.4, 0.5) is 0 Å². The van der Waals surface area contributed by atoms with Crippen LogP contribution >= 0.6 is 0 Å². The van der Waals surface area contributed by atoms with Crippen LogP contribution in [0.3, 0.4) is 0 Å². The van der Waals surface area contributed by atoms with Gasteiger partial charge >= 0.3 is 17.9 Å². The monoisotopic (exact) mass is 366 g/mol. The van der Waals surface area contributed by atoms with Gasteiger partial charge in [0, 0.05) is 20.8 Å². The molecule has 142 valence electrons. The number of ether oxygens (including phenoxy) is 5. The Morgan fingerprint density at radius 1 is 0.885 bits per heavy atom. The molecule has 0 spiro atoms. The molecule has 1 aromatic rings. The molecule has 0 N–H and O–H groups in total. The molecule has 0 saturated carbocycles. The highest BCUT2D eigenvalue weighted by molar-refractivity contribution is 5.68. The Labute approximate surface area is 151 Å². The minimum Gasteiger partial charge on any atom is -0.497 e. The molecule has 2 rings (SSSR count). The molecule has 0 bridgehead atoms. The third kappa shape index (κ3) is 4.95. The molecule has 1 heterocycles. The predicted molar refractivity (Wildman–Crippen MR) is 88.3 cm³/mol. The molecule has 1 aliphatic heterocycles. The van der Waals surface area contributed by atoms with E-state index in [1.165, 1.54) is 20.8 Å². The van der Waals surface area contributed by atoms with E-state index in [9.17, 15) is 14.4 Å². The fraction of sp³-hybridized carbons (Fsp3) is 0.500. The minimum atomic E-state index is -0.985. The summed E-state index contributed by atoms with van der Waals surface area (Å²) < 4.78 is 26.8.